The first-order valence-electron chi connectivity index (χ1n) is 8.12. The zero-order valence-electron chi connectivity index (χ0n) is 13.3. The summed E-state index contributed by atoms with van der Waals surface area (Å²) in [5.74, 6) is 2.09. The van der Waals surface area contributed by atoms with Gasteiger partial charge >= 0.3 is 0 Å². The quantitative estimate of drug-likeness (QED) is 0.889. The lowest BCUT2D eigenvalue weighted by Gasteiger charge is -2.34. The highest BCUT2D eigenvalue weighted by Gasteiger charge is 2.32. The molecule has 0 amide bonds. The van der Waals surface area contributed by atoms with E-state index in [1.165, 1.54) is 0 Å². The van der Waals surface area contributed by atoms with Crippen LogP contribution in [0.5, 0.6) is 17.2 Å². The molecule has 2 aromatic rings. The number of para-hydroxylation sites is 3. The number of hydrogen-bond acceptors (Lipinski definition) is 4. The maximum atomic E-state index is 10.4. The standard InChI is InChI=1S/C19H23NO3/c1-20-15-10-7-13-18(19(15)21)23-17-12-6-5-11-16(17)22-14-8-3-2-4-9-14/h2-6,8-9,11-12,15,18-21H,7,10,13H2,1H3/t15-,18-,19-/m1/s1. The van der Waals surface area contributed by atoms with E-state index in [2.05, 4.69) is 5.32 Å². The van der Waals surface area contributed by atoms with E-state index in [1.54, 1.807) is 0 Å². The molecule has 1 fully saturated rings. The average molecular weight is 313 g/mol. The Kier molecular flexibility index (Phi) is 5.16. The van der Waals surface area contributed by atoms with Crippen LogP contribution >= 0.6 is 0 Å². The Morgan fingerprint density at radius 1 is 0.957 bits per heavy atom. The van der Waals surface area contributed by atoms with Crippen LogP contribution in [0, 0.1) is 0 Å². The minimum atomic E-state index is -0.515. The maximum absolute atomic E-state index is 10.4. The van der Waals surface area contributed by atoms with E-state index in [0.29, 0.717) is 11.5 Å². The highest BCUT2D eigenvalue weighted by atomic mass is 16.5. The van der Waals surface area contributed by atoms with Crippen LogP contribution in [0.25, 0.3) is 0 Å². The van der Waals surface area contributed by atoms with Gasteiger partial charge in [0.1, 0.15) is 18.0 Å². The van der Waals surface area contributed by atoms with Crippen LogP contribution in [0.3, 0.4) is 0 Å². The summed E-state index contributed by atoms with van der Waals surface area (Å²) >= 11 is 0. The molecule has 0 radical (unpaired) electrons. The SMILES string of the molecule is CN[C@@H]1CCC[C@@H](Oc2ccccc2Oc2ccccc2)[C@@H]1O. The lowest BCUT2D eigenvalue weighted by Crippen LogP contribution is -2.50. The first-order chi connectivity index (χ1) is 11.3. The highest BCUT2D eigenvalue weighted by Crippen LogP contribution is 2.34. The predicted molar refractivity (Wildman–Crippen MR) is 90.1 cm³/mol. The van der Waals surface area contributed by atoms with E-state index in [0.717, 1.165) is 25.0 Å². The molecule has 0 aliphatic heterocycles. The number of ether oxygens (including phenoxy) is 2. The average Bonchev–Trinajstić information content (AvgIpc) is 2.59. The fraction of sp³-hybridized carbons (Fsp3) is 0.368. The van der Waals surface area contributed by atoms with Crippen molar-refractivity contribution in [3.8, 4) is 17.2 Å². The minimum Gasteiger partial charge on any atom is -0.484 e. The molecule has 3 atom stereocenters. The Balaban J connectivity index is 1.75. The zero-order chi connectivity index (χ0) is 16.1. The molecule has 1 saturated carbocycles. The molecule has 1 aliphatic carbocycles. The minimum absolute atomic E-state index is 0.0796. The summed E-state index contributed by atoms with van der Waals surface area (Å²) in [4.78, 5) is 0. The summed E-state index contributed by atoms with van der Waals surface area (Å²) in [6.07, 6.45) is 2.12. The Labute approximate surface area is 137 Å². The van der Waals surface area contributed by atoms with E-state index in [9.17, 15) is 5.11 Å². The molecule has 0 saturated heterocycles. The largest absolute Gasteiger partial charge is 0.484 e. The van der Waals surface area contributed by atoms with Crippen molar-refractivity contribution in [3.05, 3.63) is 54.6 Å². The molecule has 0 spiro atoms. The molecule has 122 valence electrons. The molecule has 1 aliphatic rings. The molecule has 0 heterocycles. The van der Waals surface area contributed by atoms with Gasteiger partial charge in [0.05, 0.1) is 0 Å². The molecule has 0 unspecified atom stereocenters. The number of likely N-dealkylation sites (N-methyl/N-ethyl adjacent to an activating group) is 1. The second-order valence-electron chi connectivity index (χ2n) is 5.83. The molecule has 4 nitrogen and oxygen atoms in total. The van der Waals surface area contributed by atoms with E-state index in [4.69, 9.17) is 9.47 Å². The summed E-state index contributed by atoms with van der Waals surface area (Å²) in [6.45, 7) is 0. The topological polar surface area (TPSA) is 50.7 Å². The normalized spacial score (nSPS) is 24.2. The van der Waals surface area contributed by atoms with Gasteiger partial charge < -0.3 is 19.9 Å². The molecule has 2 aromatic carbocycles. The van der Waals surface area contributed by atoms with Gasteiger partial charge in [0.25, 0.3) is 0 Å². The Morgan fingerprint density at radius 2 is 1.65 bits per heavy atom. The molecule has 0 bridgehead atoms. The molecule has 2 N–H and O–H groups in total. The van der Waals surface area contributed by atoms with Gasteiger partial charge in [-0.15, -0.1) is 0 Å². The van der Waals surface area contributed by atoms with Crippen molar-refractivity contribution in [1.29, 1.82) is 0 Å². The number of rotatable bonds is 5. The van der Waals surface area contributed by atoms with Crippen molar-refractivity contribution in [1.82, 2.24) is 5.32 Å². The van der Waals surface area contributed by atoms with E-state index >= 15 is 0 Å². The third-order valence-corrected chi connectivity index (χ3v) is 4.27. The zero-order valence-corrected chi connectivity index (χ0v) is 13.3. The van der Waals surface area contributed by atoms with Gasteiger partial charge in [0.15, 0.2) is 11.5 Å². The molecule has 4 heteroatoms. The van der Waals surface area contributed by atoms with Crippen molar-refractivity contribution in [2.24, 2.45) is 0 Å². The number of nitrogens with one attached hydrogen (secondary N) is 1. The van der Waals surface area contributed by atoms with Crippen LogP contribution in [-0.2, 0) is 0 Å². The summed E-state index contributed by atoms with van der Waals surface area (Å²) < 4.78 is 12.0. The van der Waals surface area contributed by atoms with Crippen molar-refractivity contribution >= 4 is 0 Å². The fourth-order valence-corrected chi connectivity index (χ4v) is 2.99. The number of aliphatic hydroxyl groups is 1. The lowest BCUT2D eigenvalue weighted by molar-refractivity contribution is -0.0142. The van der Waals surface area contributed by atoms with Crippen molar-refractivity contribution in [2.75, 3.05) is 7.05 Å². The van der Waals surface area contributed by atoms with Gasteiger partial charge in [-0.1, -0.05) is 30.3 Å². The Hall–Kier alpha value is -2.04. The van der Waals surface area contributed by atoms with E-state index in [1.807, 2.05) is 61.6 Å². The molecule has 0 aromatic heterocycles. The van der Waals surface area contributed by atoms with Crippen LogP contribution in [0.15, 0.2) is 54.6 Å². The molecular formula is C19H23NO3. The summed E-state index contributed by atoms with van der Waals surface area (Å²) in [5, 5.41) is 13.6. The van der Waals surface area contributed by atoms with Gasteiger partial charge in [-0.05, 0) is 50.6 Å². The molecular weight excluding hydrogens is 290 g/mol. The van der Waals surface area contributed by atoms with Crippen LogP contribution < -0.4 is 14.8 Å². The third kappa shape index (κ3) is 3.84. The van der Waals surface area contributed by atoms with Crippen LogP contribution in [0.2, 0.25) is 0 Å². The van der Waals surface area contributed by atoms with Crippen LogP contribution in [0.4, 0.5) is 0 Å². The van der Waals surface area contributed by atoms with Crippen LogP contribution in [0.1, 0.15) is 19.3 Å². The second kappa shape index (κ2) is 7.49. The summed E-state index contributed by atoms with van der Waals surface area (Å²) in [6, 6.07) is 17.3. The maximum Gasteiger partial charge on any atom is 0.169 e. The van der Waals surface area contributed by atoms with Crippen molar-refractivity contribution < 1.29 is 14.6 Å². The van der Waals surface area contributed by atoms with E-state index < -0.39 is 6.10 Å². The Morgan fingerprint density at radius 3 is 2.39 bits per heavy atom. The van der Waals surface area contributed by atoms with Crippen molar-refractivity contribution in [2.45, 2.75) is 37.5 Å². The smallest absolute Gasteiger partial charge is 0.169 e. The number of benzene rings is 2. The predicted octanol–water partition coefficient (Wildman–Crippen LogP) is 3.36. The molecule has 23 heavy (non-hydrogen) atoms. The monoisotopic (exact) mass is 313 g/mol. The van der Waals surface area contributed by atoms with Crippen LogP contribution in [-0.4, -0.2) is 30.4 Å². The Bertz CT molecular complexity index is 617. The number of hydrogen-bond donors (Lipinski definition) is 2. The first kappa shape index (κ1) is 15.8. The van der Waals surface area contributed by atoms with Gasteiger partial charge in [-0.2, -0.15) is 0 Å². The second-order valence-corrected chi connectivity index (χ2v) is 5.83. The van der Waals surface area contributed by atoms with Gasteiger partial charge in [0, 0.05) is 6.04 Å². The molecule has 3 rings (SSSR count). The lowest BCUT2D eigenvalue weighted by atomic mass is 9.90. The van der Waals surface area contributed by atoms with Gasteiger partial charge in [0.2, 0.25) is 0 Å². The fourth-order valence-electron chi connectivity index (χ4n) is 2.99. The first-order valence-corrected chi connectivity index (χ1v) is 8.12. The third-order valence-electron chi connectivity index (χ3n) is 4.27. The summed E-state index contributed by atoms with van der Waals surface area (Å²) in [5.41, 5.74) is 0. The van der Waals surface area contributed by atoms with Gasteiger partial charge in [-0.3, -0.25) is 0 Å². The van der Waals surface area contributed by atoms with E-state index in [-0.39, 0.29) is 12.1 Å². The number of aliphatic hydroxyl groups excluding tert-OH is 1. The van der Waals surface area contributed by atoms with Crippen molar-refractivity contribution in [3.63, 3.8) is 0 Å². The highest BCUT2D eigenvalue weighted by molar-refractivity contribution is 5.42. The summed E-state index contributed by atoms with van der Waals surface area (Å²) in [7, 11) is 1.88. The van der Waals surface area contributed by atoms with Gasteiger partial charge in [-0.25, -0.2) is 0 Å².